The average molecular weight is 525 g/mol. The summed E-state index contributed by atoms with van der Waals surface area (Å²) in [4.78, 5) is 14.5. The third kappa shape index (κ3) is 4.51. The van der Waals surface area contributed by atoms with Crippen molar-refractivity contribution < 1.29 is 9.90 Å². The second-order valence-electron chi connectivity index (χ2n) is 11.1. The van der Waals surface area contributed by atoms with Gasteiger partial charge >= 0.3 is 0 Å². The molecule has 0 aromatic heterocycles. The molecule has 0 spiro atoms. The van der Waals surface area contributed by atoms with E-state index in [0.29, 0.717) is 16.7 Å². The quantitative estimate of drug-likeness (QED) is 0.278. The molecule has 4 atom stereocenters. The first kappa shape index (κ1) is 27.1. The maximum atomic E-state index is 14.5. The van der Waals surface area contributed by atoms with Gasteiger partial charge in [0.2, 0.25) is 0 Å². The molecule has 1 N–H and O–H groups in total. The van der Waals surface area contributed by atoms with Crippen LogP contribution in [0.15, 0.2) is 103 Å². The van der Waals surface area contributed by atoms with Gasteiger partial charge in [-0.1, -0.05) is 120 Å². The maximum Gasteiger partial charge on any atom is 0.169 e. The Morgan fingerprint density at radius 2 is 1.20 bits per heavy atom. The first-order valence-electron chi connectivity index (χ1n) is 13.6. The molecule has 5 rings (SSSR count). The highest BCUT2D eigenvalue weighted by atomic mass is 16.3. The van der Waals surface area contributed by atoms with E-state index in [1.807, 2.05) is 99.6 Å². The molecular formula is C36H32N2O2. The highest BCUT2D eigenvalue weighted by Crippen LogP contribution is 2.63. The number of benzene rings is 4. The molecule has 0 aliphatic heterocycles. The van der Waals surface area contributed by atoms with E-state index >= 15 is 0 Å². The summed E-state index contributed by atoms with van der Waals surface area (Å²) in [5.74, 6) is -2.92. The molecule has 1 aliphatic carbocycles. The molecule has 0 bridgehead atoms. The lowest BCUT2D eigenvalue weighted by Gasteiger charge is -2.53. The summed E-state index contributed by atoms with van der Waals surface area (Å²) in [5.41, 5.74) is 2.36. The summed E-state index contributed by atoms with van der Waals surface area (Å²) in [6, 6.07) is 36.7. The summed E-state index contributed by atoms with van der Waals surface area (Å²) in [6.45, 7) is 5.93. The molecular weight excluding hydrogens is 492 g/mol. The fourth-order valence-corrected chi connectivity index (χ4v) is 6.37. The molecule has 1 saturated carbocycles. The van der Waals surface area contributed by atoms with E-state index in [4.69, 9.17) is 0 Å². The number of aryl methyl sites for hydroxylation is 3. The number of Topliss-reactive ketones (excluding diaryl/α,β-unsaturated/α-hetero) is 1. The monoisotopic (exact) mass is 524 g/mol. The Balaban J connectivity index is 1.85. The van der Waals surface area contributed by atoms with Gasteiger partial charge in [-0.05, 0) is 43.9 Å². The first-order chi connectivity index (χ1) is 19.2. The number of ketones is 1. The topological polar surface area (TPSA) is 84.9 Å². The summed E-state index contributed by atoms with van der Waals surface area (Å²) >= 11 is 0. The van der Waals surface area contributed by atoms with E-state index in [-0.39, 0.29) is 12.2 Å². The largest absolute Gasteiger partial charge is 0.384 e. The van der Waals surface area contributed by atoms with Gasteiger partial charge in [0.1, 0.15) is 5.60 Å². The lowest BCUT2D eigenvalue weighted by Crippen LogP contribution is -2.55. The molecule has 4 aromatic carbocycles. The van der Waals surface area contributed by atoms with Gasteiger partial charge in [-0.3, -0.25) is 4.79 Å². The Morgan fingerprint density at radius 3 is 1.70 bits per heavy atom. The number of hydrogen-bond donors (Lipinski definition) is 1. The molecule has 0 unspecified atom stereocenters. The van der Waals surface area contributed by atoms with Crippen LogP contribution in [0.1, 0.15) is 62.0 Å². The van der Waals surface area contributed by atoms with Gasteiger partial charge in [0.05, 0.1) is 18.1 Å². The molecule has 4 aromatic rings. The maximum absolute atomic E-state index is 14.5. The average Bonchev–Trinajstić information content (AvgIpc) is 2.98. The van der Waals surface area contributed by atoms with Crippen LogP contribution in [-0.2, 0) is 5.60 Å². The summed E-state index contributed by atoms with van der Waals surface area (Å²) in [6.07, 6.45) is 0.0475. The second-order valence-corrected chi connectivity index (χ2v) is 11.1. The molecule has 0 radical (unpaired) electrons. The molecule has 40 heavy (non-hydrogen) atoms. The van der Waals surface area contributed by atoms with Crippen molar-refractivity contribution in [3.63, 3.8) is 0 Å². The van der Waals surface area contributed by atoms with Crippen LogP contribution in [0.25, 0.3) is 0 Å². The number of rotatable bonds is 5. The fraction of sp³-hybridized carbons (Fsp3) is 0.250. The zero-order valence-electron chi connectivity index (χ0n) is 23.0. The van der Waals surface area contributed by atoms with Gasteiger partial charge in [0.15, 0.2) is 11.2 Å². The van der Waals surface area contributed by atoms with Crippen molar-refractivity contribution in [3.8, 4) is 12.1 Å². The van der Waals surface area contributed by atoms with Crippen molar-refractivity contribution in [2.24, 2.45) is 11.3 Å². The molecule has 0 saturated heterocycles. The Bertz CT molecular complexity index is 1580. The SMILES string of the molecule is Cc1ccc([C@H]2C[C@@](O)(c3ccc(C)cc3)[C@H](C(=O)c3ccccc3)[C@@H](c3ccc(C)cc3)C2(C#N)C#N)cc1. The predicted octanol–water partition coefficient (Wildman–Crippen LogP) is 7.30. The lowest BCUT2D eigenvalue weighted by molar-refractivity contribution is -0.0783. The third-order valence-corrected chi connectivity index (χ3v) is 8.58. The molecule has 1 aliphatic rings. The zero-order valence-corrected chi connectivity index (χ0v) is 23.0. The normalized spacial score (nSPS) is 23.5. The van der Waals surface area contributed by atoms with E-state index in [0.717, 1.165) is 22.3 Å². The van der Waals surface area contributed by atoms with Crippen LogP contribution >= 0.6 is 0 Å². The molecule has 4 nitrogen and oxygen atoms in total. The van der Waals surface area contributed by atoms with Crippen molar-refractivity contribution in [1.82, 2.24) is 0 Å². The van der Waals surface area contributed by atoms with Crippen molar-refractivity contribution >= 4 is 5.78 Å². The van der Waals surface area contributed by atoms with Crippen LogP contribution < -0.4 is 0 Å². The molecule has 0 amide bonds. The van der Waals surface area contributed by atoms with Gasteiger partial charge in [-0.15, -0.1) is 0 Å². The number of nitriles is 2. The number of carbonyl (C=O) groups excluding carboxylic acids is 1. The van der Waals surface area contributed by atoms with Crippen molar-refractivity contribution in [2.75, 3.05) is 0 Å². The fourth-order valence-electron chi connectivity index (χ4n) is 6.37. The Kier molecular flexibility index (Phi) is 7.16. The minimum atomic E-state index is -1.65. The van der Waals surface area contributed by atoms with Gasteiger partial charge < -0.3 is 5.11 Å². The van der Waals surface area contributed by atoms with E-state index in [9.17, 15) is 20.4 Å². The minimum absolute atomic E-state index is 0.0475. The summed E-state index contributed by atoms with van der Waals surface area (Å²) in [7, 11) is 0. The van der Waals surface area contributed by atoms with Crippen LogP contribution in [0.2, 0.25) is 0 Å². The summed E-state index contributed by atoms with van der Waals surface area (Å²) < 4.78 is 0. The third-order valence-electron chi connectivity index (χ3n) is 8.58. The van der Waals surface area contributed by atoms with Gasteiger partial charge in [0.25, 0.3) is 0 Å². The number of hydrogen-bond acceptors (Lipinski definition) is 4. The van der Waals surface area contributed by atoms with Crippen LogP contribution in [0.4, 0.5) is 0 Å². The zero-order chi connectivity index (χ0) is 28.5. The number of nitrogens with zero attached hydrogens (tertiary/aromatic N) is 2. The minimum Gasteiger partial charge on any atom is -0.384 e. The molecule has 0 heterocycles. The van der Waals surface area contributed by atoms with Crippen LogP contribution in [0.3, 0.4) is 0 Å². The second kappa shape index (κ2) is 10.6. The Hall–Kier alpha value is -4.51. The van der Waals surface area contributed by atoms with Gasteiger partial charge in [-0.2, -0.15) is 10.5 Å². The lowest BCUT2D eigenvalue weighted by atomic mass is 9.48. The molecule has 198 valence electrons. The van der Waals surface area contributed by atoms with E-state index in [1.54, 1.807) is 24.3 Å². The number of aliphatic hydroxyl groups is 1. The molecule has 1 fully saturated rings. The van der Waals surface area contributed by atoms with Crippen LogP contribution in [0, 0.1) is 54.8 Å². The van der Waals surface area contributed by atoms with Crippen molar-refractivity contribution in [3.05, 3.63) is 142 Å². The Labute approximate surface area is 236 Å². The van der Waals surface area contributed by atoms with Gasteiger partial charge in [0, 0.05) is 17.4 Å². The smallest absolute Gasteiger partial charge is 0.169 e. The van der Waals surface area contributed by atoms with Gasteiger partial charge in [-0.25, -0.2) is 0 Å². The van der Waals surface area contributed by atoms with Crippen LogP contribution in [-0.4, -0.2) is 10.9 Å². The summed E-state index contributed by atoms with van der Waals surface area (Å²) in [5, 5.41) is 34.7. The van der Waals surface area contributed by atoms with Crippen LogP contribution in [0.5, 0.6) is 0 Å². The van der Waals surface area contributed by atoms with Crippen molar-refractivity contribution in [2.45, 2.75) is 44.6 Å². The molecule has 4 heteroatoms. The van der Waals surface area contributed by atoms with E-state index < -0.39 is 28.8 Å². The Morgan fingerprint density at radius 1 is 0.725 bits per heavy atom. The first-order valence-corrected chi connectivity index (χ1v) is 13.6. The highest BCUT2D eigenvalue weighted by molar-refractivity contribution is 5.99. The van der Waals surface area contributed by atoms with E-state index in [2.05, 4.69) is 12.1 Å². The highest BCUT2D eigenvalue weighted by Gasteiger charge is 2.64. The van der Waals surface area contributed by atoms with Crippen molar-refractivity contribution in [1.29, 1.82) is 10.5 Å². The standard InChI is InChI=1S/C36H32N2O2/c1-24-9-15-27(16-10-24)31-21-36(40,30-19-13-26(3)14-20-30)33(34(39)29-7-5-4-6-8-29)32(35(31,22-37)23-38)28-17-11-25(2)12-18-28/h4-20,31-33,40H,21H2,1-3H3/t31-,32-,33+,36-/m1/s1. The van der Waals surface area contributed by atoms with E-state index in [1.165, 1.54) is 0 Å². The number of carbonyl (C=O) groups is 1. The predicted molar refractivity (Wildman–Crippen MR) is 155 cm³/mol.